The first-order chi connectivity index (χ1) is 9.66. The Morgan fingerprint density at radius 3 is 2.52 bits per heavy atom. The lowest BCUT2D eigenvalue weighted by atomic mass is 10.0. The van der Waals surface area contributed by atoms with Crippen molar-refractivity contribution in [1.29, 1.82) is 0 Å². The van der Waals surface area contributed by atoms with Crippen molar-refractivity contribution in [3.8, 4) is 0 Å². The number of amides is 1. The molecule has 0 fully saturated rings. The zero-order valence-electron chi connectivity index (χ0n) is 11.7. The molecule has 0 bridgehead atoms. The Bertz CT molecular complexity index is 608. The first-order valence-corrected chi connectivity index (χ1v) is 8.30. The number of hydrogen-bond acceptors (Lipinski definition) is 4. The monoisotopic (exact) mass is 331 g/mol. The van der Waals surface area contributed by atoms with Gasteiger partial charge in [0, 0.05) is 11.6 Å². The second-order valence-corrected chi connectivity index (χ2v) is 7.41. The maximum absolute atomic E-state index is 12.0. The van der Waals surface area contributed by atoms with E-state index in [-0.39, 0.29) is 23.6 Å². The first kappa shape index (κ1) is 17.7. The standard InChI is InChI=1S/C14H18ClNO4S/c1-3-14(2,18)10-13(17)16-8-9-21(19,20)12-6-4-11(15)5-7-12/h3-7,18H,1,8-10H2,2H3,(H,16,17). The van der Waals surface area contributed by atoms with E-state index in [1.165, 1.54) is 37.3 Å². The van der Waals surface area contributed by atoms with Gasteiger partial charge in [0.15, 0.2) is 9.84 Å². The van der Waals surface area contributed by atoms with Gasteiger partial charge in [-0.25, -0.2) is 8.42 Å². The Kier molecular flexibility index (Phi) is 5.95. The molecule has 0 radical (unpaired) electrons. The van der Waals surface area contributed by atoms with Gasteiger partial charge in [-0.05, 0) is 31.2 Å². The highest BCUT2D eigenvalue weighted by molar-refractivity contribution is 7.91. The van der Waals surface area contributed by atoms with Gasteiger partial charge < -0.3 is 10.4 Å². The number of benzene rings is 1. The summed E-state index contributed by atoms with van der Waals surface area (Å²) < 4.78 is 24.0. The summed E-state index contributed by atoms with van der Waals surface area (Å²) in [6.45, 7) is 4.83. The van der Waals surface area contributed by atoms with Crippen LogP contribution in [0.1, 0.15) is 13.3 Å². The van der Waals surface area contributed by atoms with Crippen molar-refractivity contribution >= 4 is 27.3 Å². The largest absolute Gasteiger partial charge is 0.386 e. The number of rotatable bonds is 7. The third kappa shape index (κ3) is 5.87. The molecule has 116 valence electrons. The molecule has 5 nitrogen and oxygen atoms in total. The molecule has 0 heterocycles. The van der Waals surface area contributed by atoms with Gasteiger partial charge in [-0.2, -0.15) is 0 Å². The molecule has 0 aliphatic heterocycles. The molecule has 0 saturated heterocycles. The Morgan fingerprint density at radius 2 is 2.00 bits per heavy atom. The molecule has 1 amide bonds. The summed E-state index contributed by atoms with van der Waals surface area (Å²) in [6, 6.07) is 5.83. The smallest absolute Gasteiger partial charge is 0.223 e. The number of carbonyl (C=O) groups is 1. The van der Waals surface area contributed by atoms with E-state index >= 15 is 0 Å². The van der Waals surface area contributed by atoms with E-state index in [4.69, 9.17) is 11.6 Å². The van der Waals surface area contributed by atoms with Crippen LogP contribution in [-0.2, 0) is 14.6 Å². The van der Waals surface area contributed by atoms with E-state index in [1.807, 2.05) is 0 Å². The summed E-state index contributed by atoms with van der Waals surface area (Å²) in [4.78, 5) is 11.7. The van der Waals surface area contributed by atoms with Crippen LogP contribution >= 0.6 is 11.6 Å². The lowest BCUT2D eigenvalue weighted by molar-refractivity contribution is -0.124. The molecule has 0 saturated carbocycles. The number of carbonyl (C=O) groups excluding carboxylic acids is 1. The van der Waals surface area contributed by atoms with Gasteiger partial charge in [0.2, 0.25) is 5.91 Å². The van der Waals surface area contributed by atoms with Gasteiger partial charge in [0.25, 0.3) is 0 Å². The highest BCUT2D eigenvalue weighted by Gasteiger charge is 2.21. The fraction of sp³-hybridized carbons (Fsp3) is 0.357. The van der Waals surface area contributed by atoms with Gasteiger partial charge >= 0.3 is 0 Å². The topological polar surface area (TPSA) is 83.5 Å². The molecule has 7 heteroatoms. The van der Waals surface area contributed by atoms with Crippen LogP contribution < -0.4 is 5.32 Å². The van der Waals surface area contributed by atoms with Crippen molar-refractivity contribution in [3.63, 3.8) is 0 Å². The van der Waals surface area contributed by atoms with Crippen LogP contribution in [0.4, 0.5) is 0 Å². The summed E-state index contributed by atoms with van der Waals surface area (Å²) in [7, 11) is -3.48. The van der Waals surface area contributed by atoms with Gasteiger partial charge in [-0.3, -0.25) is 4.79 Å². The Morgan fingerprint density at radius 1 is 1.43 bits per heavy atom. The summed E-state index contributed by atoms with van der Waals surface area (Å²) in [5.74, 6) is -0.664. The van der Waals surface area contributed by atoms with Gasteiger partial charge in [-0.15, -0.1) is 6.58 Å². The third-order valence-electron chi connectivity index (χ3n) is 2.82. The third-order valence-corrected chi connectivity index (χ3v) is 4.81. The number of halogens is 1. The van der Waals surface area contributed by atoms with Crippen molar-refractivity contribution in [2.75, 3.05) is 12.3 Å². The molecule has 2 N–H and O–H groups in total. The Balaban J connectivity index is 2.53. The normalized spacial score (nSPS) is 14.2. The maximum atomic E-state index is 12.0. The van der Waals surface area contributed by atoms with E-state index in [1.54, 1.807) is 0 Å². The quantitative estimate of drug-likeness (QED) is 0.743. The molecule has 1 unspecified atom stereocenters. The molecular weight excluding hydrogens is 314 g/mol. The van der Waals surface area contributed by atoms with Gasteiger partial charge in [0.1, 0.15) is 0 Å². The van der Waals surface area contributed by atoms with E-state index in [2.05, 4.69) is 11.9 Å². The summed E-state index contributed by atoms with van der Waals surface area (Å²) in [5, 5.41) is 12.6. The average Bonchev–Trinajstić information content (AvgIpc) is 2.38. The van der Waals surface area contributed by atoms with Crippen molar-refractivity contribution in [2.45, 2.75) is 23.8 Å². The molecule has 0 aliphatic carbocycles. The molecular formula is C14H18ClNO4S. The fourth-order valence-corrected chi connectivity index (χ4v) is 2.83. The lowest BCUT2D eigenvalue weighted by Crippen LogP contribution is -2.35. The van der Waals surface area contributed by atoms with E-state index in [0.29, 0.717) is 5.02 Å². The minimum atomic E-state index is -3.48. The second-order valence-electron chi connectivity index (χ2n) is 4.86. The van der Waals surface area contributed by atoms with Gasteiger partial charge in [0.05, 0.1) is 22.7 Å². The molecule has 0 spiro atoms. The van der Waals surface area contributed by atoms with Crippen molar-refractivity contribution in [2.24, 2.45) is 0 Å². The van der Waals surface area contributed by atoms with E-state index in [9.17, 15) is 18.3 Å². The van der Waals surface area contributed by atoms with Crippen LogP contribution in [0.15, 0.2) is 41.8 Å². The number of hydrogen-bond donors (Lipinski definition) is 2. The predicted octanol–water partition coefficient (Wildman–Crippen LogP) is 1.56. The minimum absolute atomic E-state index is 0.0307. The van der Waals surface area contributed by atoms with Gasteiger partial charge in [-0.1, -0.05) is 17.7 Å². The fourth-order valence-electron chi connectivity index (χ4n) is 1.54. The molecule has 0 aliphatic rings. The number of aliphatic hydroxyl groups is 1. The lowest BCUT2D eigenvalue weighted by Gasteiger charge is -2.17. The molecule has 1 rings (SSSR count). The second kappa shape index (κ2) is 7.06. The summed E-state index contributed by atoms with van der Waals surface area (Å²) >= 11 is 5.70. The van der Waals surface area contributed by atoms with E-state index < -0.39 is 21.3 Å². The zero-order valence-corrected chi connectivity index (χ0v) is 13.2. The van der Waals surface area contributed by atoms with Crippen LogP contribution in [0.3, 0.4) is 0 Å². The average molecular weight is 332 g/mol. The van der Waals surface area contributed by atoms with Crippen molar-refractivity contribution < 1.29 is 18.3 Å². The number of sulfone groups is 1. The van der Waals surface area contributed by atoms with Crippen LogP contribution in [-0.4, -0.2) is 37.3 Å². The highest BCUT2D eigenvalue weighted by atomic mass is 35.5. The van der Waals surface area contributed by atoms with E-state index in [0.717, 1.165) is 0 Å². The Hall–Kier alpha value is -1.37. The molecule has 21 heavy (non-hydrogen) atoms. The van der Waals surface area contributed by atoms with Crippen molar-refractivity contribution in [1.82, 2.24) is 5.32 Å². The predicted molar refractivity (Wildman–Crippen MR) is 82.0 cm³/mol. The van der Waals surface area contributed by atoms with Crippen LogP contribution in [0.5, 0.6) is 0 Å². The Labute approximate surface area is 129 Å². The first-order valence-electron chi connectivity index (χ1n) is 6.27. The van der Waals surface area contributed by atoms with Crippen LogP contribution in [0.2, 0.25) is 5.02 Å². The number of nitrogens with one attached hydrogen (secondary N) is 1. The maximum Gasteiger partial charge on any atom is 0.223 e. The van der Waals surface area contributed by atoms with Crippen molar-refractivity contribution in [3.05, 3.63) is 41.9 Å². The van der Waals surface area contributed by atoms with Crippen LogP contribution in [0, 0.1) is 0 Å². The molecule has 0 aromatic heterocycles. The molecule has 1 atom stereocenters. The molecule has 1 aromatic carbocycles. The minimum Gasteiger partial charge on any atom is -0.386 e. The zero-order chi connectivity index (χ0) is 16.1. The molecule has 1 aromatic rings. The summed E-state index contributed by atoms with van der Waals surface area (Å²) in [6.07, 6.45) is 1.09. The summed E-state index contributed by atoms with van der Waals surface area (Å²) in [5.41, 5.74) is -1.31. The van der Waals surface area contributed by atoms with Crippen LogP contribution in [0.25, 0.3) is 0 Å². The highest BCUT2D eigenvalue weighted by Crippen LogP contribution is 2.15. The SMILES string of the molecule is C=CC(C)(O)CC(=O)NCCS(=O)(=O)c1ccc(Cl)cc1.